The smallest absolute Gasteiger partial charge is 0.408 e. The molecule has 1 aromatic rings. The molecule has 0 aliphatic heterocycles. The number of nitrogens with one attached hydrogen (secondary N) is 1. The number of carbonyl (C=O) groups excluding carboxylic acids is 2. The van der Waals surface area contributed by atoms with Gasteiger partial charge in [0.05, 0.1) is 12.0 Å². The Morgan fingerprint density at radius 1 is 1.19 bits per heavy atom. The minimum absolute atomic E-state index is 0.00495. The first-order valence-corrected chi connectivity index (χ1v) is 9.92. The molecule has 0 aliphatic rings. The van der Waals surface area contributed by atoms with Gasteiger partial charge in [-0.15, -0.1) is 0 Å². The monoisotopic (exact) mass is 402 g/mol. The molecule has 0 radical (unpaired) electrons. The number of rotatable bonds is 7. The number of alkyl carbamates (subject to hydrolysis) is 1. The summed E-state index contributed by atoms with van der Waals surface area (Å²) >= 11 is 0. The van der Waals surface area contributed by atoms with Crippen molar-refractivity contribution in [3.8, 4) is 0 Å². The Balaban J connectivity index is 2.70. The summed E-state index contributed by atoms with van der Waals surface area (Å²) < 4.78 is 9.97. The second-order valence-corrected chi connectivity index (χ2v) is 8.92. The second-order valence-electron chi connectivity index (χ2n) is 6.55. The minimum atomic E-state index is -1.28. The standard InChI is InChI=1S/C16H22N2O6S2/c1-15(2,3)24-14(20)17-16(4,13(19)23-5)10-25-26-12-8-6-11(7-9-12)18(21)22/h6-9H,10H2,1-5H3,(H,17,20)/t16-/m0/s1. The summed E-state index contributed by atoms with van der Waals surface area (Å²) in [5, 5.41) is 13.2. The summed E-state index contributed by atoms with van der Waals surface area (Å²) in [6, 6.07) is 6.04. The third kappa shape index (κ3) is 7.12. The molecule has 10 heteroatoms. The largest absolute Gasteiger partial charge is 0.467 e. The van der Waals surface area contributed by atoms with E-state index in [-0.39, 0.29) is 11.4 Å². The van der Waals surface area contributed by atoms with Crippen LogP contribution in [0.1, 0.15) is 27.7 Å². The molecule has 1 N–H and O–H groups in total. The zero-order chi connectivity index (χ0) is 20.0. The van der Waals surface area contributed by atoms with Crippen LogP contribution >= 0.6 is 21.6 Å². The van der Waals surface area contributed by atoms with Crippen molar-refractivity contribution < 1.29 is 24.0 Å². The lowest BCUT2D eigenvalue weighted by Crippen LogP contribution is -2.55. The first-order valence-electron chi connectivity index (χ1n) is 7.60. The number of methoxy groups -OCH3 is 1. The van der Waals surface area contributed by atoms with E-state index >= 15 is 0 Å². The Kier molecular flexibility index (Phi) is 7.76. The van der Waals surface area contributed by atoms with Crippen molar-refractivity contribution in [1.82, 2.24) is 5.32 Å². The first kappa shape index (κ1) is 22.1. The van der Waals surface area contributed by atoms with E-state index in [1.54, 1.807) is 39.8 Å². The summed E-state index contributed by atoms with van der Waals surface area (Å²) in [6.07, 6.45) is -0.716. The van der Waals surface area contributed by atoms with Gasteiger partial charge < -0.3 is 14.8 Å². The topological polar surface area (TPSA) is 108 Å². The van der Waals surface area contributed by atoms with Crippen molar-refractivity contribution in [3.63, 3.8) is 0 Å². The van der Waals surface area contributed by atoms with Crippen molar-refractivity contribution in [2.75, 3.05) is 12.9 Å². The van der Waals surface area contributed by atoms with E-state index < -0.39 is 28.1 Å². The summed E-state index contributed by atoms with van der Waals surface area (Å²) in [5.74, 6) is -0.388. The molecule has 1 rings (SSSR count). The highest BCUT2D eigenvalue weighted by Crippen LogP contribution is 2.34. The van der Waals surface area contributed by atoms with Crippen LogP contribution in [0.2, 0.25) is 0 Å². The zero-order valence-electron chi connectivity index (χ0n) is 15.2. The molecule has 8 nitrogen and oxygen atoms in total. The second kappa shape index (κ2) is 9.13. The number of benzene rings is 1. The van der Waals surface area contributed by atoms with Gasteiger partial charge in [-0.3, -0.25) is 10.1 Å². The van der Waals surface area contributed by atoms with Gasteiger partial charge in [0.1, 0.15) is 11.1 Å². The van der Waals surface area contributed by atoms with Crippen LogP contribution in [0.4, 0.5) is 10.5 Å². The molecule has 1 atom stereocenters. The third-order valence-corrected chi connectivity index (χ3v) is 5.53. The van der Waals surface area contributed by atoms with E-state index in [1.165, 1.54) is 40.8 Å². The van der Waals surface area contributed by atoms with Gasteiger partial charge in [0.2, 0.25) is 0 Å². The van der Waals surface area contributed by atoms with Crippen molar-refractivity contribution in [1.29, 1.82) is 0 Å². The van der Waals surface area contributed by atoms with Gasteiger partial charge in [0.25, 0.3) is 5.69 Å². The van der Waals surface area contributed by atoms with Gasteiger partial charge in [-0.1, -0.05) is 21.6 Å². The van der Waals surface area contributed by atoms with Crippen LogP contribution < -0.4 is 5.32 Å². The third-order valence-electron chi connectivity index (χ3n) is 2.96. The van der Waals surface area contributed by atoms with Crippen LogP contribution in [0.5, 0.6) is 0 Å². The Labute approximate surface area is 159 Å². The maximum Gasteiger partial charge on any atom is 0.408 e. The first-order chi connectivity index (χ1) is 12.0. The van der Waals surface area contributed by atoms with E-state index in [1.807, 2.05) is 0 Å². The molecule has 1 amide bonds. The van der Waals surface area contributed by atoms with Gasteiger partial charge in [-0.25, -0.2) is 9.59 Å². The van der Waals surface area contributed by atoms with Crippen LogP contribution in [-0.2, 0) is 14.3 Å². The highest BCUT2D eigenvalue weighted by Gasteiger charge is 2.37. The van der Waals surface area contributed by atoms with Crippen LogP contribution in [-0.4, -0.2) is 41.0 Å². The molecule has 0 aliphatic carbocycles. The molecule has 144 valence electrons. The maximum atomic E-state index is 12.1. The van der Waals surface area contributed by atoms with Crippen LogP contribution in [0.25, 0.3) is 0 Å². The van der Waals surface area contributed by atoms with Crippen molar-refractivity contribution in [2.24, 2.45) is 0 Å². The number of carbonyl (C=O) groups is 2. The molecule has 0 unspecified atom stereocenters. The molecule has 1 aromatic carbocycles. The molecule has 0 bridgehead atoms. The predicted octanol–water partition coefficient (Wildman–Crippen LogP) is 3.79. The van der Waals surface area contributed by atoms with Crippen molar-refractivity contribution in [2.45, 2.75) is 43.7 Å². The van der Waals surface area contributed by atoms with Gasteiger partial charge in [-0.05, 0) is 39.8 Å². The Hall–Kier alpha value is -1.94. The van der Waals surface area contributed by atoms with Crippen LogP contribution in [0, 0.1) is 10.1 Å². The van der Waals surface area contributed by atoms with Gasteiger partial charge >= 0.3 is 12.1 Å². The molecule has 0 aromatic heterocycles. The number of nitro groups is 1. The average Bonchev–Trinajstić information content (AvgIpc) is 2.52. The van der Waals surface area contributed by atoms with Crippen LogP contribution in [0.15, 0.2) is 29.2 Å². The minimum Gasteiger partial charge on any atom is -0.467 e. The van der Waals surface area contributed by atoms with Crippen molar-refractivity contribution in [3.05, 3.63) is 34.4 Å². The Bertz CT molecular complexity index is 660. The lowest BCUT2D eigenvalue weighted by Gasteiger charge is -2.29. The summed E-state index contributed by atoms with van der Waals surface area (Å²) in [6.45, 7) is 6.72. The Morgan fingerprint density at radius 2 is 1.77 bits per heavy atom. The number of ether oxygens (including phenoxy) is 2. The fourth-order valence-electron chi connectivity index (χ4n) is 1.74. The van der Waals surface area contributed by atoms with E-state index in [0.717, 1.165) is 4.90 Å². The van der Waals surface area contributed by atoms with Gasteiger partial charge in [0, 0.05) is 22.8 Å². The highest BCUT2D eigenvalue weighted by molar-refractivity contribution is 8.76. The zero-order valence-corrected chi connectivity index (χ0v) is 16.9. The number of non-ortho nitro benzene ring substituents is 1. The molecular formula is C16H22N2O6S2. The summed E-state index contributed by atoms with van der Waals surface area (Å²) in [7, 11) is 3.88. The fourth-order valence-corrected chi connectivity index (χ4v) is 4.23. The number of esters is 1. The van der Waals surface area contributed by atoms with Gasteiger partial charge in [0.15, 0.2) is 0 Å². The van der Waals surface area contributed by atoms with E-state index in [4.69, 9.17) is 9.47 Å². The number of nitro benzene ring substituents is 1. The van der Waals surface area contributed by atoms with E-state index in [9.17, 15) is 19.7 Å². The lowest BCUT2D eigenvalue weighted by molar-refractivity contribution is -0.384. The normalized spacial score (nSPS) is 13.4. The SMILES string of the molecule is COC(=O)[C@](C)(CSSc1ccc([N+](=O)[O-])cc1)NC(=O)OC(C)(C)C. The molecule has 0 spiro atoms. The number of nitrogens with zero attached hydrogens (tertiary/aromatic N) is 1. The number of amides is 1. The van der Waals surface area contributed by atoms with E-state index in [0.29, 0.717) is 0 Å². The quantitative estimate of drug-likeness (QED) is 0.318. The number of hydrogen-bond donors (Lipinski definition) is 1. The summed E-state index contributed by atoms with van der Waals surface area (Å²) in [4.78, 5) is 35.1. The molecular weight excluding hydrogens is 380 g/mol. The maximum absolute atomic E-state index is 12.1. The Morgan fingerprint density at radius 3 is 2.23 bits per heavy atom. The molecule has 0 saturated carbocycles. The highest BCUT2D eigenvalue weighted by atomic mass is 33.1. The van der Waals surface area contributed by atoms with Crippen molar-refractivity contribution >= 4 is 39.3 Å². The molecule has 0 saturated heterocycles. The average molecular weight is 402 g/mol. The molecule has 0 heterocycles. The lowest BCUT2D eigenvalue weighted by atomic mass is 10.1. The summed E-state index contributed by atoms with van der Waals surface area (Å²) in [5.41, 5.74) is -1.97. The van der Waals surface area contributed by atoms with Crippen LogP contribution in [0.3, 0.4) is 0 Å². The molecule has 26 heavy (non-hydrogen) atoms. The van der Waals surface area contributed by atoms with Gasteiger partial charge in [-0.2, -0.15) is 0 Å². The fraction of sp³-hybridized carbons (Fsp3) is 0.500. The molecule has 0 fully saturated rings. The number of hydrogen-bond acceptors (Lipinski definition) is 8. The predicted molar refractivity (Wildman–Crippen MR) is 101 cm³/mol. The van der Waals surface area contributed by atoms with E-state index in [2.05, 4.69) is 5.32 Å².